The molecule has 0 amide bonds. The molecule has 1 fully saturated rings. The number of rotatable bonds is 5. The first-order valence-electron chi connectivity index (χ1n) is 10.3. The summed E-state index contributed by atoms with van der Waals surface area (Å²) in [6.45, 7) is 1.50. The zero-order chi connectivity index (χ0) is 24.5. The van der Waals surface area contributed by atoms with Crippen LogP contribution in [0.5, 0.6) is 11.5 Å². The van der Waals surface area contributed by atoms with Crippen LogP contribution < -0.4 is 13.9 Å². The van der Waals surface area contributed by atoms with Gasteiger partial charge in [0.2, 0.25) is 0 Å². The van der Waals surface area contributed by atoms with Gasteiger partial charge in [-0.25, -0.2) is 28.3 Å². The van der Waals surface area contributed by atoms with Crippen LogP contribution in [0.15, 0.2) is 30.6 Å². The Morgan fingerprint density at radius 3 is 2.50 bits per heavy atom. The number of anilines is 1. The smallest absolute Gasteiger partial charge is 0.391 e. The van der Waals surface area contributed by atoms with Crippen LogP contribution in [-0.4, -0.2) is 63.0 Å². The van der Waals surface area contributed by atoms with Crippen molar-refractivity contribution in [1.29, 1.82) is 0 Å². The summed E-state index contributed by atoms with van der Waals surface area (Å²) in [5, 5.41) is 10.5. The average molecular weight is 497 g/mol. The predicted octanol–water partition coefficient (Wildman–Crippen LogP) is 3.08. The molecule has 0 saturated carbocycles. The highest BCUT2D eigenvalue weighted by Gasteiger charge is 2.65. The molecule has 4 atom stereocenters. The number of halogens is 2. The molecule has 0 radical (unpaired) electrons. The molecule has 2 aliphatic rings. The van der Waals surface area contributed by atoms with Gasteiger partial charge in [0, 0.05) is 14.1 Å². The zero-order valence-corrected chi connectivity index (χ0v) is 19.6. The van der Waals surface area contributed by atoms with Crippen molar-refractivity contribution in [2.45, 2.75) is 37.7 Å². The lowest BCUT2D eigenvalue weighted by molar-refractivity contribution is -0.203. The summed E-state index contributed by atoms with van der Waals surface area (Å²) >= 11 is 0. The minimum Gasteiger partial charge on any atom is -0.391 e. The fraction of sp³-hybridized carbons (Fsp3) is 0.450. The fourth-order valence-corrected chi connectivity index (χ4v) is 5.20. The first-order chi connectivity index (χ1) is 15.9. The summed E-state index contributed by atoms with van der Waals surface area (Å²) in [4.78, 5) is 14.6. The Kier molecular flexibility index (Phi) is 5.10. The van der Waals surface area contributed by atoms with Gasteiger partial charge >= 0.3 is 7.82 Å². The fourth-order valence-electron chi connectivity index (χ4n) is 3.93. The number of phosphoric ester groups is 1. The molecular weight excluding hydrogens is 475 g/mol. The minimum atomic E-state index is -4.26. The molecule has 182 valence electrons. The lowest BCUT2D eigenvalue weighted by atomic mass is 9.97. The number of fused-ring (bicyclic) bond motifs is 2. The van der Waals surface area contributed by atoms with E-state index in [-0.39, 0.29) is 17.1 Å². The highest BCUT2D eigenvalue weighted by molar-refractivity contribution is 7.49. The number of ether oxygens (including phenoxy) is 1. The molecule has 5 rings (SSSR count). The van der Waals surface area contributed by atoms with Gasteiger partial charge in [0.1, 0.15) is 12.4 Å². The van der Waals surface area contributed by atoms with Crippen molar-refractivity contribution in [2.24, 2.45) is 0 Å². The van der Waals surface area contributed by atoms with Crippen molar-refractivity contribution in [3.63, 3.8) is 0 Å². The van der Waals surface area contributed by atoms with Crippen LogP contribution in [0.3, 0.4) is 0 Å². The van der Waals surface area contributed by atoms with E-state index in [1.54, 1.807) is 38.1 Å². The van der Waals surface area contributed by atoms with E-state index in [2.05, 4.69) is 15.0 Å². The lowest BCUT2D eigenvalue weighted by Gasteiger charge is -2.25. The largest absolute Gasteiger partial charge is 0.588 e. The molecule has 2 aliphatic heterocycles. The van der Waals surface area contributed by atoms with Crippen molar-refractivity contribution in [1.82, 2.24) is 19.5 Å². The summed E-state index contributed by atoms with van der Waals surface area (Å²) < 4.78 is 66.2. The number of aryl methyl sites for hydroxylation is 1. The molecule has 3 aromatic rings. The number of hydrogen-bond donors (Lipinski definition) is 1. The predicted molar refractivity (Wildman–Crippen MR) is 115 cm³/mol. The maximum Gasteiger partial charge on any atom is 0.588 e. The Bertz CT molecular complexity index is 1290. The summed E-state index contributed by atoms with van der Waals surface area (Å²) in [6, 6.07) is 6.24. The number of phosphoric acid groups is 1. The van der Waals surface area contributed by atoms with Crippen LogP contribution in [0.2, 0.25) is 0 Å². The Balaban J connectivity index is 1.43. The Labute approximate surface area is 192 Å². The van der Waals surface area contributed by atoms with Crippen LogP contribution in [0.1, 0.15) is 19.0 Å². The van der Waals surface area contributed by atoms with Crippen LogP contribution >= 0.6 is 7.82 Å². The van der Waals surface area contributed by atoms with E-state index in [1.807, 2.05) is 0 Å². The van der Waals surface area contributed by atoms with E-state index in [9.17, 15) is 9.67 Å². The number of nitrogens with zero attached hydrogens (tertiary/aromatic N) is 5. The van der Waals surface area contributed by atoms with E-state index in [1.165, 1.54) is 23.0 Å². The van der Waals surface area contributed by atoms with Crippen molar-refractivity contribution < 1.29 is 36.8 Å². The van der Waals surface area contributed by atoms with Crippen molar-refractivity contribution in [3.8, 4) is 11.5 Å². The minimum absolute atomic E-state index is 0.150. The molecule has 1 aromatic carbocycles. The zero-order valence-electron chi connectivity index (χ0n) is 18.7. The molecule has 11 nitrogen and oxygen atoms in total. The van der Waals surface area contributed by atoms with E-state index in [0.717, 1.165) is 6.92 Å². The maximum atomic E-state index is 15.7. The summed E-state index contributed by atoms with van der Waals surface area (Å²) in [7, 11) is -0.744. The van der Waals surface area contributed by atoms with Gasteiger partial charge in [-0.15, -0.1) is 0 Å². The quantitative estimate of drug-likeness (QED) is 0.527. The van der Waals surface area contributed by atoms with E-state index >= 15 is 8.78 Å². The molecule has 0 bridgehead atoms. The first kappa shape index (κ1) is 22.9. The third kappa shape index (κ3) is 3.50. The summed E-state index contributed by atoms with van der Waals surface area (Å²) in [5.74, 6) is -1.94. The highest BCUT2D eigenvalue weighted by Crippen LogP contribution is 2.60. The summed E-state index contributed by atoms with van der Waals surface area (Å²) in [6.07, 6.45) is -2.75. The summed E-state index contributed by atoms with van der Waals surface area (Å²) in [5.41, 5.74) is -2.11. The topological polar surface area (TPSA) is 121 Å². The van der Waals surface area contributed by atoms with Gasteiger partial charge in [0.25, 0.3) is 5.85 Å². The average Bonchev–Trinajstić information content (AvgIpc) is 3.39. The monoisotopic (exact) mass is 497 g/mol. The number of aliphatic hydroxyl groups excluding tert-OH is 1. The number of para-hydroxylation sites is 2. The second-order valence-corrected chi connectivity index (χ2v) is 9.99. The van der Waals surface area contributed by atoms with Crippen LogP contribution in [-0.2, 0) is 13.8 Å². The number of benzene rings is 1. The van der Waals surface area contributed by atoms with Crippen molar-refractivity contribution in [3.05, 3.63) is 36.4 Å². The molecule has 4 heterocycles. The van der Waals surface area contributed by atoms with E-state index in [4.69, 9.17) is 18.3 Å². The van der Waals surface area contributed by atoms with Gasteiger partial charge < -0.3 is 23.8 Å². The van der Waals surface area contributed by atoms with Gasteiger partial charge in [-0.2, -0.15) is 0 Å². The normalized spacial score (nSPS) is 29.6. The Morgan fingerprint density at radius 2 is 1.88 bits per heavy atom. The number of hydrogen-bond acceptors (Lipinski definition) is 10. The molecular formula is C20H22F2N5O6P. The highest BCUT2D eigenvalue weighted by atomic mass is 31.2. The standard InChI is InChI=1S/C20H22F2N5O6P/c1-11-24-15(26(3)4)14-16(25-11)27(10-23-14)18-19(2,21)17(28)20(22,31-18)9-30-34(29)32-12-7-5-6-8-13(12)33-34/h5-8,10,17-18,28H,9H2,1-4H3/t17-,18+,19+,20+/m0/s1. The first-order valence-corrected chi connectivity index (χ1v) is 11.7. The molecule has 1 saturated heterocycles. The third-order valence-corrected chi connectivity index (χ3v) is 6.90. The number of aromatic nitrogens is 4. The van der Waals surface area contributed by atoms with Gasteiger partial charge in [0.05, 0.1) is 6.33 Å². The number of imidazole rings is 1. The molecule has 1 N–H and O–H groups in total. The molecule has 0 aliphatic carbocycles. The SMILES string of the molecule is Cc1nc(N(C)C)c2ncn([C@@H]3O[C@](F)(COP4(=O)Oc5ccccc5O4)[C@@H](O)[C@@]3(C)F)c2n1. The molecule has 0 spiro atoms. The molecule has 34 heavy (non-hydrogen) atoms. The van der Waals surface area contributed by atoms with Crippen LogP contribution in [0.25, 0.3) is 11.2 Å². The van der Waals surface area contributed by atoms with Gasteiger partial charge in [0.15, 0.2) is 46.5 Å². The second kappa shape index (κ2) is 7.57. The van der Waals surface area contributed by atoms with Crippen LogP contribution in [0.4, 0.5) is 14.6 Å². The molecule has 0 unspecified atom stereocenters. The number of aliphatic hydroxyl groups is 1. The van der Waals surface area contributed by atoms with Gasteiger partial charge in [-0.3, -0.25) is 9.09 Å². The van der Waals surface area contributed by atoms with Crippen molar-refractivity contribution in [2.75, 3.05) is 25.6 Å². The van der Waals surface area contributed by atoms with E-state index in [0.29, 0.717) is 17.2 Å². The van der Waals surface area contributed by atoms with Gasteiger partial charge in [-0.05, 0) is 26.0 Å². The van der Waals surface area contributed by atoms with Gasteiger partial charge in [-0.1, -0.05) is 12.1 Å². The Hall–Kier alpha value is -2.86. The van der Waals surface area contributed by atoms with Crippen LogP contribution in [0, 0.1) is 6.92 Å². The molecule has 14 heteroatoms. The third-order valence-electron chi connectivity index (χ3n) is 5.61. The van der Waals surface area contributed by atoms with E-state index < -0.39 is 38.3 Å². The maximum absolute atomic E-state index is 15.7. The second-order valence-electron chi connectivity index (χ2n) is 8.47. The van der Waals surface area contributed by atoms with Crippen molar-refractivity contribution >= 4 is 24.8 Å². The Morgan fingerprint density at radius 1 is 1.24 bits per heavy atom. The number of alkyl halides is 2. The molecule has 2 aromatic heterocycles. The lowest BCUT2D eigenvalue weighted by Crippen LogP contribution is -2.46.